The van der Waals surface area contributed by atoms with Crippen molar-refractivity contribution in [2.75, 3.05) is 19.8 Å². The number of ether oxygens (including phenoxy) is 3. The van der Waals surface area contributed by atoms with Crippen LogP contribution in [0.25, 0.3) is 0 Å². The van der Waals surface area contributed by atoms with E-state index in [-0.39, 0.29) is 32.7 Å². The van der Waals surface area contributed by atoms with Crippen LogP contribution in [0.4, 0.5) is 0 Å². The average molecular weight is 277 g/mol. The van der Waals surface area contributed by atoms with Crippen LogP contribution in [0.2, 0.25) is 0 Å². The van der Waals surface area contributed by atoms with Crippen LogP contribution in [0.15, 0.2) is 0 Å². The second-order valence-electron chi connectivity index (χ2n) is 4.35. The first kappa shape index (κ1) is 14.0. The lowest BCUT2D eigenvalue weighted by Gasteiger charge is -2.16. The molecule has 2 rings (SSSR count). The maximum Gasteiger partial charge on any atom is 0.306 e. The van der Waals surface area contributed by atoms with Crippen LogP contribution < -0.4 is 0 Å². The summed E-state index contributed by atoms with van der Waals surface area (Å²) in [5.41, 5.74) is 0. The van der Waals surface area contributed by atoms with Crippen LogP contribution in [0.1, 0.15) is 12.8 Å². The Kier molecular flexibility index (Phi) is 4.51. The first-order chi connectivity index (χ1) is 9.08. The van der Waals surface area contributed by atoms with Gasteiger partial charge in [0.25, 0.3) is 5.09 Å². The zero-order chi connectivity index (χ0) is 13.8. The second kappa shape index (κ2) is 6.13. The SMILES string of the molecule is O=C(CCCO[N+](=O)[O-])O[C@@H]1CO[C@H]2[C@@H]1OC[C@H]2O. The van der Waals surface area contributed by atoms with Crippen molar-refractivity contribution in [3.05, 3.63) is 10.1 Å². The zero-order valence-corrected chi connectivity index (χ0v) is 10.1. The predicted octanol–water partition coefficient (Wildman–Crippen LogP) is -0.955. The van der Waals surface area contributed by atoms with Gasteiger partial charge in [0.2, 0.25) is 0 Å². The molecule has 1 N–H and O–H groups in total. The number of hydrogen-bond acceptors (Lipinski definition) is 8. The molecule has 0 unspecified atom stereocenters. The molecule has 2 aliphatic rings. The highest BCUT2D eigenvalue weighted by Gasteiger charge is 2.48. The monoisotopic (exact) mass is 277 g/mol. The van der Waals surface area contributed by atoms with E-state index < -0.39 is 35.5 Å². The number of aliphatic hydroxyl groups excluding tert-OH is 1. The van der Waals surface area contributed by atoms with Crippen molar-refractivity contribution < 1.29 is 34.0 Å². The van der Waals surface area contributed by atoms with Crippen molar-refractivity contribution in [2.45, 2.75) is 37.3 Å². The largest absolute Gasteiger partial charge is 0.457 e. The first-order valence-electron chi connectivity index (χ1n) is 5.96. The van der Waals surface area contributed by atoms with E-state index in [0.29, 0.717) is 0 Å². The van der Waals surface area contributed by atoms with Gasteiger partial charge >= 0.3 is 5.97 Å². The van der Waals surface area contributed by atoms with E-state index in [0.717, 1.165) is 0 Å². The van der Waals surface area contributed by atoms with Gasteiger partial charge in [0, 0.05) is 6.42 Å². The van der Waals surface area contributed by atoms with E-state index in [1.54, 1.807) is 0 Å². The molecule has 0 amide bonds. The highest BCUT2D eigenvalue weighted by Crippen LogP contribution is 2.28. The molecule has 0 aromatic rings. The number of aliphatic hydroxyl groups is 1. The highest BCUT2D eigenvalue weighted by atomic mass is 16.9. The summed E-state index contributed by atoms with van der Waals surface area (Å²) in [6, 6.07) is 0. The summed E-state index contributed by atoms with van der Waals surface area (Å²) in [5, 5.41) is 18.5. The molecule has 2 fully saturated rings. The molecule has 0 spiro atoms. The minimum Gasteiger partial charge on any atom is -0.457 e. The summed E-state index contributed by atoms with van der Waals surface area (Å²) < 4.78 is 15.7. The Morgan fingerprint density at radius 1 is 1.37 bits per heavy atom. The van der Waals surface area contributed by atoms with Gasteiger partial charge in [-0.3, -0.25) is 4.79 Å². The Morgan fingerprint density at radius 3 is 2.84 bits per heavy atom. The number of hydrogen-bond donors (Lipinski definition) is 1. The standard InChI is InChI=1S/C10H15NO8/c12-6-4-16-10-7(5-17-9(6)10)19-8(13)2-1-3-18-11(14)15/h6-7,9-10,12H,1-5H2/t6-,7-,9-,10-/m1/s1. The van der Waals surface area contributed by atoms with E-state index in [1.165, 1.54) is 0 Å². The van der Waals surface area contributed by atoms with Gasteiger partial charge in [-0.15, -0.1) is 10.1 Å². The average Bonchev–Trinajstić information content (AvgIpc) is 2.90. The van der Waals surface area contributed by atoms with Gasteiger partial charge in [-0.1, -0.05) is 0 Å². The van der Waals surface area contributed by atoms with Gasteiger partial charge in [0.05, 0.1) is 19.8 Å². The van der Waals surface area contributed by atoms with E-state index in [9.17, 15) is 20.0 Å². The van der Waals surface area contributed by atoms with Crippen LogP contribution in [-0.4, -0.2) is 60.4 Å². The number of nitrogens with zero attached hydrogens (tertiary/aromatic N) is 1. The molecule has 0 aliphatic carbocycles. The van der Waals surface area contributed by atoms with Crippen LogP contribution in [0, 0.1) is 10.1 Å². The Bertz CT molecular complexity index is 348. The normalized spacial score (nSPS) is 32.9. The number of carbonyl (C=O) groups excluding carboxylic acids is 1. The molecule has 0 aromatic carbocycles. The summed E-state index contributed by atoms with van der Waals surface area (Å²) in [4.78, 5) is 25.5. The zero-order valence-electron chi connectivity index (χ0n) is 10.1. The molecule has 2 heterocycles. The topological polar surface area (TPSA) is 117 Å². The molecular weight excluding hydrogens is 262 g/mol. The van der Waals surface area contributed by atoms with Crippen molar-refractivity contribution in [1.29, 1.82) is 0 Å². The van der Waals surface area contributed by atoms with Crippen molar-refractivity contribution in [2.24, 2.45) is 0 Å². The first-order valence-corrected chi connectivity index (χ1v) is 5.96. The summed E-state index contributed by atoms with van der Waals surface area (Å²) >= 11 is 0. The smallest absolute Gasteiger partial charge is 0.306 e. The lowest BCUT2D eigenvalue weighted by atomic mass is 10.1. The Labute approximate surface area is 108 Å². The van der Waals surface area contributed by atoms with E-state index in [4.69, 9.17) is 14.2 Å². The maximum atomic E-state index is 11.5. The van der Waals surface area contributed by atoms with Gasteiger partial charge in [0.15, 0.2) is 6.10 Å². The Balaban J connectivity index is 1.67. The molecule has 4 atom stereocenters. The van der Waals surface area contributed by atoms with Crippen molar-refractivity contribution >= 4 is 5.97 Å². The number of rotatable bonds is 6. The molecule has 2 saturated heterocycles. The fraction of sp³-hybridized carbons (Fsp3) is 0.900. The van der Waals surface area contributed by atoms with Crippen molar-refractivity contribution in [1.82, 2.24) is 0 Å². The molecule has 0 saturated carbocycles. The van der Waals surface area contributed by atoms with Crippen LogP contribution in [0.5, 0.6) is 0 Å². The van der Waals surface area contributed by atoms with E-state index in [2.05, 4.69) is 4.84 Å². The molecule has 9 nitrogen and oxygen atoms in total. The molecule has 0 bridgehead atoms. The summed E-state index contributed by atoms with van der Waals surface area (Å²) in [5.74, 6) is -0.494. The van der Waals surface area contributed by atoms with Gasteiger partial charge in [-0.25, -0.2) is 0 Å². The minimum absolute atomic E-state index is 0.0181. The Hall–Kier alpha value is -1.45. The summed E-state index contributed by atoms with van der Waals surface area (Å²) in [6.07, 6.45) is -1.90. The minimum atomic E-state index is -0.908. The third-order valence-electron chi connectivity index (χ3n) is 2.99. The van der Waals surface area contributed by atoms with Gasteiger partial charge in [0.1, 0.15) is 18.3 Å². The third-order valence-corrected chi connectivity index (χ3v) is 2.99. The van der Waals surface area contributed by atoms with Gasteiger partial charge in [-0.05, 0) is 6.42 Å². The van der Waals surface area contributed by atoms with Crippen molar-refractivity contribution in [3.8, 4) is 0 Å². The number of esters is 1. The maximum absolute atomic E-state index is 11.5. The molecule has 2 aliphatic heterocycles. The molecule has 0 radical (unpaired) electrons. The fourth-order valence-corrected chi connectivity index (χ4v) is 2.13. The number of carbonyl (C=O) groups is 1. The highest BCUT2D eigenvalue weighted by molar-refractivity contribution is 5.69. The molecule has 9 heteroatoms. The molecule has 19 heavy (non-hydrogen) atoms. The molecule has 0 aromatic heterocycles. The Morgan fingerprint density at radius 2 is 2.11 bits per heavy atom. The van der Waals surface area contributed by atoms with Crippen LogP contribution in [0.3, 0.4) is 0 Å². The molecule has 108 valence electrons. The summed E-state index contributed by atoms with van der Waals surface area (Å²) in [7, 11) is 0. The fourth-order valence-electron chi connectivity index (χ4n) is 2.13. The summed E-state index contributed by atoms with van der Waals surface area (Å²) in [6.45, 7) is 0.203. The lowest BCUT2D eigenvalue weighted by molar-refractivity contribution is -0.757. The van der Waals surface area contributed by atoms with E-state index in [1.807, 2.05) is 0 Å². The van der Waals surface area contributed by atoms with Crippen LogP contribution >= 0.6 is 0 Å². The predicted molar refractivity (Wildman–Crippen MR) is 57.5 cm³/mol. The van der Waals surface area contributed by atoms with Crippen molar-refractivity contribution in [3.63, 3.8) is 0 Å². The van der Waals surface area contributed by atoms with Gasteiger partial charge < -0.3 is 24.2 Å². The van der Waals surface area contributed by atoms with Gasteiger partial charge in [-0.2, -0.15) is 0 Å². The third kappa shape index (κ3) is 3.52. The lowest BCUT2D eigenvalue weighted by Crippen LogP contribution is -2.34. The second-order valence-corrected chi connectivity index (χ2v) is 4.35. The van der Waals surface area contributed by atoms with Crippen LogP contribution in [-0.2, 0) is 23.8 Å². The number of fused-ring (bicyclic) bond motifs is 1. The van der Waals surface area contributed by atoms with E-state index >= 15 is 0 Å². The molecular formula is C10H15NO8. The quantitative estimate of drug-likeness (QED) is 0.285.